The molecule has 0 aromatic heterocycles. The van der Waals surface area contributed by atoms with E-state index in [1.165, 1.54) is 32.1 Å². The van der Waals surface area contributed by atoms with Gasteiger partial charge in [0, 0.05) is 12.1 Å². The van der Waals surface area contributed by atoms with Crippen molar-refractivity contribution >= 4 is 34.5 Å². The maximum absolute atomic E-state index is 6.24. The predicted octanol–water partition coefficient (Wildman–Crippen LogP) is 4.60. The van der Waals surface area contributed by atoms with Gasteiger partial charge in [-0.25, -0.2) is 0 Å². The predicted molar refractivity (Wildman–Crippen MR) is 91.6 cm³/mol. The van der Waals surface area contributed by atoms with Gasteiger partial charge in [-0.1, -0.05) is 50.0 Å². The minimum atomic E-state index is 0.384. The van der Waals surface area contributed by atoms with Gasteiger partial charge in [-0.2, -0.15) is 0 Å². The summed E-state index contributed by atoms with van der Waals surface area (Å²) in [5.74, 6) is 1.75. The Hall–Kier alpha value is -0.800. The quantitative estimate of drug-likeness (QED) is 0.780. The average Bonchev–Trinajstić information content (AvgIpc) is 2.40. The first kappa shape index (κ1) is 15.6. The fourth-order valence-corrected chi connectivity index (χ4v) is 3.42. The lowest BCUT2D eigenvalue weighted by Gasteiger charge is -2.26. The van der Waals surface area contributed by atoms with Gasteiger partial charge in [0.2, 0.25) is 0 Å². The second-order valence-electron chi connectivity index (χ2n) is 5.91. The molecule has 1 fully saturated rings. The van der Waals surface area contributed by atoms with E-state index in [-0.39, 0.29) is 0 Å². The molecule has 110 valence electrons. The van der Waals surface area contributed by atoms with Crippen molar-refractivity contribution in [3.8, 4) is 0 Å². The van der Waals surface area contributed by atoms with E-state index in [2.05, 4.69) is 12.2 Å². The number of rotatable bonds is 5. The van der Waals surface area contributed by atoms with Gasteiger partial charge in [0.25, 0.3) is 0 Å². The van der Waals surface area contributed by atoms with Gasteiger partial charge in [-0.3, -0.25) is 0 Å². The highest BCUT2D eigenvalue weighted by molar-refractivity contribution is 7.80. The summed E-state index contributed by atoms with van der Waals surface area (Å²) in [6.07, 6.45) is 6.75. The monoisotopic (exact) mass is 310 g/mol. The molecule has 0 amide bonds. The molecule has 2 rings (SSSR count). The van der Waals surface area contributed by atoms with Crippen LogP contribution in [0.4, 0.5) is 5.69 Å². The van der Waals surface area contributed by atoms with Crippen LogP contribution in [-0.2, 0) is 0 Å². The zero-order valence-electron chi connectivity index (χ0n) is 12.0. The third kappa shape index (κ3) is 4.35. The second-order valence-corrected chi connectivity index (χ2v) is 6.76. The summed E-state index contributed by atoms with van der Waals surface area (Å²) in [6.45, 7) is 3.34. The van der Waals surface area contributed by atoms with Crippen LogP contribution in [-0.4, -0.2) is 11.5 Å². The van der Waals surface area contributed by atoms with Gasteiger partial charge in [-0.15, -0.1) is 0 Å². The van der Waals surface area contributed by atoms with Crippen molar-refractivity contribution in [1.29, 1.82) is 0 Å². The number of nitrogens with one attached hydrogen (secondary N) is 1. The maximum Gasteiger partial charge on any atom is 0.104 e. The van der Waals surface area contributed by atoms with E-state index in [1.807, 2.05) is 18.2 Å². The fraction of sp³-hybridized carbons (Fsp3) is 0.562. The summed E-state index contributed by atoms with van der Waals surface area (Å²) in [5, 5.41) is 4.11. The molecule has 1 aliphatic carbocycles. The van der Waals surface area contributed by atoms with Gasteiger partial charge >= 0.3 is 0 Å². The molecule has 1 saturated carbocycles. The zero-order valence-corrected chi connectivity index (χ0v) is 13.6. The molecule has 1 aromatic carbocycles. The van der Waals surface area contributed by atoms with Gasteiger partial charge in [0.05, 0.1) is 10.7 Å². The minimum Gasteiger partial charge on any atom is -0.389 e. The zero-order chi connectivity index (χ0) is 14.5. The van der Waals surface area contributed by atoms with Gasteiger partial charge in [0.1, 0.15) is 4.99 Å². The van der Waals surface area contributed by atoms with Crippen LogP contribution in [0.1, 0.15) is 44.6 Å². The largest absolute Gasteiger partial charge is 0.389 e. The van der Waals surface area contributed by atoms with Crippen LogP contribution in [0, 0.1) is 11.8 Å². The molecule has 1 aromatic rings. The Morgan fingerprint density at radius 3 is 2.90 bits per heavy atom. The third-order valence-electron chi connectivity index (χ3n) is 4.17. The van der Waals surface area contributed by atoms with Gasteiger partial charge < -0.3 is 11.1 Å². The highest BCUT2D eigenvalue weighted by Crippen LogP contribution is 2.31. The molecule has 1 aliphatic rings. The van der Waals surface area contributed by atoms with Crippen molar-refractivity contribution in [3.05, 3.63) is 28.8 Å². The van der Waals surface area contributed by atoms with Crippen LogP contribution in [0.3, 0.4) is 0 Å². The summed E-state index contributed by atoms with van der Waals surface area (Å²) >= 11 is 11.2. The van der Waals surface area contributed by atoms with Gasteiger partial charge in [-0.05, 0) is 42.9 Å². The SMILES string of the molecule is CC1CCCC(CCNc2ccc(C(N)=S)cc2Cl)C1. The van der Waals surface area contributed by atoms with Crippen LogP contribution in [0.15, 0.2) is 18.2 Å². The molecule has 2 atom stereocenters. The van der Waals surface area contributed by atoms with Crippen molar-refractivity contribution in [3.63, 3.8) is 0 Å². The van der Waals surface area contributed by atoms with Crippen LogP contribution < -0.4 is 11.1 Å². The highest BCUT2D eigenvalue weighted by Gasteiger charge is 2.18. The molecule has 2 nitrogen and oxygen atoms in total. The van der Waals surface area contributed by atoms with E-state index >= 15 is 0 Å². The number of thiocarbonyl (C=S) groups is 1. The summed E-state index contributed by atoms with van der Waals surface area (Å²) in [5.41, 5.74) is 7.38. The summed E-state index contributed by atoms with van der Waals surface area (Å²) in [7, 11) is 0. The first-order chi connectivity index (χ1) is 9.56. The van der Waals surface area contributed by atoms with Crippen molar-refractivity contribution in [2.45, 2.75) is 39.0 Å². The Morgan fingerprint density at radius 1 is 1.45 bits per heavy atom. The molecule has 3 N–H and O–H groups in total. The number of hydrogen-bond acceptors (Lipinski definition) is 2. The first-order valence-electron chi connectivity index (χ1n) is 7.39. The van der Waals surface area contributed by atoms with E-state index in [9.17, 15) is 0 Å². The number of anilines is 1. The molecular formula is C16H23ClN2S. The molecule has 0 radical (unpaired) electrons. The summed E-state index contributed by atoms with van der Waals surface area (Å²) < 4.78 is 0. The van der Waals surface area contributed by atoms with Crippen LogP contribution in [0.25, 0.3) is 0 Å². The summed E-state index contributed by atoms with van der Waals surface area (Å²) in [4.78, 5) is 0.384. The van der Waals surface area contributed by atoms with Crippen LogP contribution in [0.5, 0.6) is 0 Å². The molecule has 20 heavy (non-hydrogen) atoms. The number of nitrogens with two attached hydrogens (primary N) is 1. The average molecular weight is 311 g/mol. The molecule has 0 saturated heterocycles. The van der Waals surface area contributed by atoms with Crippen molar-refractivity contribution in [2.75, 3.05) is 11.9 Å². The van der Waals surface area contributed by atoms with Gasteiger partial charge in [0.15, 0.2) is 0 Å². The molecule has 0 heterocycles. The molecular weight excluding hydrogens is 288 g/mol. The molecule has 0 spiro atoms. The minimum absolute atomic E-state index is 0.384. The lowest BCUT2D eigenvalue weighted by molar-refractivity contribution is 0.274. The summed E-state index contributed by atoms with van der Waals surface area (Å²) in [6, 6.07) is 5.70. The van der Waals surface area contributed by atoms with E-state index in [0.29, 0.717) is 10.0 Å². The Morgan fingerprint density at radius 2 is 2.25 bits per heavy atom. The van der Waals surface area contributed by atoms with E-state index in [1.54, 1.807) is 0 Å². The van der Waals surface area contributed by atoms with Crippen molar-refractivity contribution in [1.82, 2.24) is 0 Å². The smallest absolute Gasteiger partial charge is 0.104 e. The maximum atomic E-state index is 6.24. The molecule has 0 aliphatic heterocycles. The second kappa shape index (κ2) is 7.28. The topological polar surface area (TPSA) is 38.0 Å². The van der Waals surface area contributed by atoms with Crippen LogP contribution >= 0.6 is 23.8 Å². The number of benzene rings is 1. The first-order valence-corrected chi connectivity index (χ1v) is 8.18. The van der Waals surface area contributed by atoms with Crippen molar-refractivity contribution in [2.24, 2.45) is 17.6 Å². The Labute approximate surface area is 132 Å². The number of hydrogen-bond donors (Lipinski definition) is 2. The third-order valence-corrected chi connectivity index (χ3v) is 4.72. The lowest BCUT2D eigenvalue weighted by Crippen LogP contribution is -2.16. The van der Waals surface area contributed by atoms with Crippen molar-refractivity contribution < 1.29 is 0 Å². The lowest BCUT2D eigenvalue weighted by atomic mass is 9.81. The van der Waals surface area contributed by atoms with E-state index < -0.39 is 0 Å². The highest BCUT2D eigenvalue weighted by atomic mass is 35.5. The Bertz CT molecular complexity index is 476. The fourth-order valence-electron chi connectivity index (χ4n) is 3.04. The Balaban J connectivity index is 1.83. The van der Waals surface area contributed by atoms with Crippen LogP contribution in [0.2, 0.25) is 5.02 Å². The molecule has 2 unspecified atom stereocenters. The molecule has 0 bridgehead atoms. The standard InChI is InChI=1S/C16H23ClN2S/c1-11-3-2-4-12(9-11)7-8-19-15-6-5-13(16(18)20)10-14(15)17/h5-6,10-12,19H,2-4,7-9H2,1H3,(H2,18,20). The van der Waals surface area contributed by atoms with E-state index in [0.717, 1.165) is 29.6 Å². The normalized spacial score (nSPS) is 22.5. The Kier molecular flexibility index (Phi) is 5.67. The van der Waals surface area contributed by atoms with E-state index in [4.69, 9.17) is 29.6 Å². The molecule has 4 heteroatoms. The number of halogens is 1.